The highest BCUT2D eigenvalue weighted by atomic mass is 16.5. The molecule has 5 heteroatoms. The molecule has 1 aliphatic rings. The molecule has 19 heavy (non-hydrogen) atoms. The third-order valence-electron chi connectivity index (χ3n) is 3.96. The number of likely N-dealkylation sites (N-methyl/N-ethyl adjacent to an activating group) is 1. The number of ether oxygens (including phenoxy) is 1. The fourth-order valence-corrected chi connectivity index (χ4v) is 2.43. The first kappa shape index (κ1) is 16.4. The van der Waals surface area contributed by atoms with Crippen LogP contribution in [0.1, 0.15) is 33.6 Å². The second-order valence-electron chi connectivity index (χ2n) is 5.40. The van der Waals surface area contributed by atoms with Crippen LogP contribution in [0.25, 0.3) is 0 Å². The lowest BCUT2D eigenvalue weighted by Gasteiger charge is -2.17. The van der Waals surface area contributed by atoms with Crippen LogP contribution < -0.4 is 15.5 Å². The minimum atomic E-state index is -0.00337. The van der Waals surface area contributed by atoms with E-state index in [0.29, 0.717) is 6.54 Å². The molecule has 0 aromatic carbocycles. The van der Waals surface area contributed by atoms with Crippen molar-refractivity contribution < 1.29 is 19.7 Å². The van der Waals surface area contributed by atoms with Gasteiger partial charge in [0.1, 0.15) is 13.1 Å². The van der Waals surface area contributed by atoms with Crippen molar-refractivity contribution in [1.29, 1.82) is 0 Å². The maximum Gasteiger partial charge on any atom is 0.278 e. The summed E-state index contributed by atoms with van der Waals surface area (Å²) in [5.41, 5.74) is 0. The predicted octanol–water partition coefficient (Wildman–Crippen LogP) is -1.84. The van der Waals surface area contributed by atoms with Crippen molar-refractivity contribution in [3.63, 3.8) is 0 Å². The van der Waals surface area contributed by atoms with Gasteiger partial charge in [-0.15, -0.1) is 0 Å². The third-order valence-corrected chi connectivity index (χ3v) is 3.96. The van der Waals surface area contributed by atoms with Crippen LogP contribution in [0.2, 0.25) is 0 Å². The maximum atomic E-state index is 11.9. The molecule has 1 fully saturated rings. The summed E-state index contributed by atoms with van der Waals surface area (Å²) in [6.45, 7) is 12.3. The Hall–Kier alpha value is -0.650. The van der Waals surface area contributed by atoms with Gasteiger partial charge in [-0.05, 0) is 33.6 Å². The van der Waals surface area contributed by atoms with Gasteiger partial charge in [0, 0.05) is 13.2 Å². The molecule has 0 radical (unpaired) electrons. The molecule has 1 saturated heterocycles. The van der Waals surface area contributed by atoms with Crippen molar-refractivity contribution in [2.75, 3.05) is 39.3 Å². The Morgan fingerprint density at radius 2 is 2.21 bits per heavy atom. The Balaban J connectivity index is 2.10. The van der Waals surface area contributed by atoms with Crippen molar-refractivity contribution in [1.82, 2.24) is 5.32 Å². The molecule has 0 aromatic rings. The largest absolute Gasteiger partial charge is 0.376 e. The van der Waals surface area contributed by atoms with Crippen LogP contribution in [0.15, 0.2) is 0 Å². The molecule has 0 aliphatic carbocycles. The van der Waals surface area contributed by atoms with Gasteiger partial charge in [0.15, 0.2) is 6.04 Å². The molecular weight excluding hydrogens is 242 g/mol. The Morgan fingerprint density at radius 3 is 2.79 bits per heavy atom. The number of nitrogens with one attached hydrogen (secondary N) is 2. The normalized spacial score (nSPS) is 20.7. The van der Waals surface area contributed by atoms with Crippen molar-refractivity contribution in [3.05, 3.63) is 0 Å². The standard InChI is InChI=1S/C14H29N3O2/c1-4-17(5-2)9-8-15-12(3)14(18)16-11-13-7-6-10-19-13/h12-13,15H,4-11H2,1-3H3,(H,16,18)/p+2/t12-,13-/m0/s1. The number of nitrogens with two attached hydrogens (primary N) is 1. The van der Waals surface area contributed by atoms with Gasteiger partial charge < -0.3 is 20.3 Å². The molecule has 1 heterocycles. The molecule has 5 nitrogen and oxygen atoms in total. The highest BCUT2D eigenvalue weighted by Crippen LogP contribution is 2.10. The summed E-state index contributed by atoms with van der Waals surface area (Å²) < 4.78 is 5.50. The second kappa shape index (κ2) is 9.28. The van der Waals surface area contributed by atoms with E-state index in [-0.39, 0.29) is 18.1 Å². The van der Waals surface area contributed by atoms with Crippen molar-refractivity contribution in [2.45, 2.75) is 45.8 Å². The maximum absolute atomic E-state index is 11.9. The van der Waals surface area contributed by atoms with Gasteiger partial charge in [0.25, 0.3) is 5.91 Å². The van der Waals surface area contributed by atoms with E-state index < -0.39 is 0 Å². The van der Waals surface area contributed by atoms with E-state index in [4.69, 9.17) is 4.74 Å². The molecule has 4 N–H and O–H groups in total. The Kier molecular flexibility index (Phi) is 8.02. The van der Waals surface area contributed by atoms with Crippen molar-refractivity contribution in [3.8, 4) is 0 Å². The van der Waals surface area contributed by atoms with Gasteiger partial charge in [-0.3, -0.25) is 4.79 Å². The smallest absolute Gasteiger partial charge is 0.278 e. The van der Waals surface area contributed by atoms with Gasteiger partial charge in [-0.2, -0.15) is 0 Å². The molecule has 0 bridgehead atoms. The van der Waals surface area contributed by atoms with Crippen molar-refractivity contribution in [2.24, 2.45) is 0 Å². The van der Waals surface area contributed by atoms with E-state index in [9.17, 15) is 4.79 Å². The second-order valence-corrected chi connectivity index (χ2v) is 5.40. The summed E-state index contributed by atoms with van der Waals surface area (Å²) in [7, 11) is 0. The molecule has 1 amide bonds. The third kappa shape index (κ3) is 6.36. The minimum Gasteiger partial charge on any atom is -0.376 e. The summed E-state index contributed by atoms with van der Waals surface area (Å²) in [4.78, 5) is 13.5. The number of hydrogen-bond donors (Lipinski definition) is 3. The Labute approximate surface area is 117 Å². The molecule has 2 atom stereocenters. The van der Waals surface area contributed by atoms with Crippen LogP contribution in [-0.2, 0) is 9.53 Å². The highest BCUT2D eigenvalue weighted by Gasteiger charge is 2.20. The van der Waals surface area contributed by atoms with Crippen LogP contribution in [0.4, 0.5) is 0 Å². The number of quaternary nitrogens is 2. The topological polar surface area (TPSA) is 59.4 Å². The van der Waals surface area contributed by atoms with E-state index in [0.717, 1.165) is 45.6 Å². The molecule has 112 valence electrons. The molecule has 0 unspecified atom stereocenters. The lowest BCUT2D eigenvalue weighted by atomic mass is 10.2. The van der Waals surface area contributed by atoms with Gasteiger partial charge >= 0.3 is 0 Å². The number of carbonyl (C=O) groups excluding carboxylic acids is 1. The highest BCUT2D eigenvalue weighted by molar-refractivity contribution is 5.79. The van der Waals surface area contributed by atoms with E-state index in [1.165, 1.54) is 0 Å². The predicted molar refractivity (Wildman–Crippen MR) is 75.1 cm³/mol. The van der Waals surface area contributed by atoms with Gasteiger partial charge in [0.05, 0.1) is 19.2 Å². The molecule has 0 saturated carbocycles. The van der Waals surface area contributed by atoms with E-state index >= 15 is 0 Å². The average molecular weight is 273 g/mol. The molecule has 1 aliphatic heterocycles. The first-order chi connectivity index (χ1) is 9.17. The van der Waals surface area contributed by atoms with Crippen molar-refractivity contribution >= 4 is 5.91 Å². The van der Waals surface area contributed by atoms with E-state index in [1.807, 2.05) is 6.92 Å². The van der Waals surface area contributed by atoms with Gasteiger partial charge in [-0.1, -0.05) is 0 Å². The summed E-state index contributed by atoms with van der Waals surface area (Å²) in [5.74, 6) is 0.130. The first-order valence-corrected chi connectivity index (χ1v) is 7.73. The first-order valence-electron chi connectivity index (χ1n) is 7.73. The molecule has 1 rings (SSSR count). The zero-order valence-corrected chi connectivity index (χ0v) is 12.7. The lowest BCUT2D eigenvalue weighted by molar-refractivity contribution is -0.910. The van der Waals surface area contributed by atoms with E-state index in [2.05, 4.69) is 24.5 Å². The fraction of sp³-hybridized carbons (Fsp3) is 0.929. The summed E-state index contributed by atoms with van der Waals surface area (Å²) in [5, 5.41) is 5.12. The Bertz CT molecular complexity index is 251. The summed E-state index contributed by atoms with van der Waals surface area (Å²) in [6.07, 6.45) is 2.43. The molecule has 0 aromatic heterocycles. The van der Waals surface area contributed by atoms with Crippen LogP contribution in [0, 0.1) is 0 Å². The molecular formula is C14H31N3O2+2. The van der Waals surface area contributed by atoms with Crippen LogP contribution in [0.3, 0.4) is 0 Å². The summed E-state index contributed by atoms with van der Waals surface area (Å²) in [6, 6.07) is -0.00337. The van der Waals surface area contributed by atoms with Gasteiger partial charge in [-0.25, -0.2) is 0 Å². The van der Waals surface area contributed by atoms with Crippen LogP contribution >= 0.6 is 0 Å². The number of carbonyl (C=O) groups is 1. The lowest BCUT2D eigenvalue weighted by Crippen LogP contribution is -3.14. The SMILES string of the molecule is CC[NH+](CC)CC[NH2+][C@@H](C)C(=O)NC[C@@H]1CCCO1. The number of rotatable bonds is 9. The average Bonchev–Trinajstić information content (AvgIpc) is 2.94. The zero-order valence-electron chi connectivity index (χ0n) is 12.7. The monoisotopic (exact) mass is 273 g/mol. The van der Waals surface area contributed by atoms with Crippen LogP contribution in [-0.4, -0.2) is 57.4 Å². The minimum absolute atomic E-state index is 0.00337. The zero-order chi connectivity index (χ0) is 14.1. The number of hydrogen-bond acceptors (Lipinski definition) is 2. The Morgan fingerprint density at radius 1 is 1.47 bits per heavy atom. The summed E-state index contributed by atoms with van der Waals surface area (Å²) >= 11 is 0. The molecule has 0 spiro atoms. The van der Waals surface area contributed by atoms with Gasteiger partial charge in [0.2, 0.25) is 0 Å². The quantitative estimate of drug-likeness (QED) is 0.462. The fourth-order valence-electron chi connectivity index (χ4n) is 2.43. The van der Waals surface area contributed by atoms with Crippen LogP contribution in [0.5, 0.6) is 0 Å². The van der Waals surface area contributed by atoms with E-state index in [1.54, 1.807) is 4.90 Å². The number of amides is 1.